The number of aryl methyl sites for hydroxylation is 2. The van der Waals surface area contributed by atoms with Gasteiger partial charge >= 0.3 is 0 Å². The van der Waals surface area contributed by atoms with Crippen LogP contribution in [0.25, 0.3) is 6.08 Å². The van der Waals surface area contributed by atoms with Crippen LogP contribution in [0, 0.1) is 18.3 Å². The summed E-state index contributed by atoms with van der Waals surface area (Å²) in [5.74, 6) is 1.58. The second-order valence-corrected chi connectivity index (χ2v) is 5.59. The lowest BCUT2D eigenvalue weighted by Crippen LogP contribution is -2.23. The minimum atomic E-state index is -0.258. The number of carbonyl (C=O) groups excluding carboxylic acids is 1. The maximum absolute atomic E-state index is 12.6. The molecule has 0 saturated carbocycles. The van der Waals surface area contributed by atoms with Crippen LogP contribution >= 0.6 is 0 Å². The molecule has 1 aliphatic rings. The fourth-order valence-electron chi connectivity index (χ4n) is 2.64. The number of nitrogens with one attached hydrogen (secondary N) is 1. The minimum Gasteiger partial charge on any atom is -0.493 e. The third kappa shape index (κ3) is 3.48. The van der Waals surface area contributed by atoms with Gasteiger partial charge in [0.05, 0.1) is 37.4 Å². The monoisotopic (exact) mass is 338 g/mol. The average molecular weight is 338 g/mol. The molecule has 0 radical (unpaired) electrons. The quantitative estimate of drug-likeness (QED) is 0.905. The topological polar surface area (TPSA) is 89.2 Å². The van der Waals surface area contributed by atoms with Gasteiger partial charge in [0.15, 0.2) is 11.5 Å². The second kappa shape index (κ2) is 7.09. The van der Waals surface area contributed by atoms with Crippen molar-refractivity contribution in [2.75, 3.05) is 19.0 Å². The number of hydrogen-bond donors (Lipinski definition) is 1. The molecule has 2 heterocycles. The predicted molar refractivity (Wildman–Crippen MR) is 92.3 cm³/mol. The molecule has 7 heteroatoms. The van der Waals surface area contributed by atoms with Gasteiger partial charge in [0.1, 0.15) is 12.4 Å². The third-order valence-corrected chi connectivity index (χ3v) is 3.80. The van der Waals surface area contributed by atoms with Gasteiger partial charge in [-0.2, -0.15) is 10.4 Å². The van der Waals surface area contributed by atoms with Gasteiger partial charge in [0, 0.05) is 11.6 Å². The van der Waals surface area contributed by atoms with E-state index in [0.29, 0.717) is 35.9 Å². The number of nitriles is 1. The maximum Gasteiger partial charge on any atom is 0.256 e. The van der Waals surface area contributed by atoms with Crippen molar-refractivity contribution in [3.63, 3.8) is 0 Å². The fourth-order valence-corrected chi connectivity index (χ4v) is 2.64. The van der Waals surface area contributed by atoms with Gasteiger partial charge in [-0.3, -0.25) is 4.79 Å². The molecule has 0 saturated heterocycles. The van der Waals surface area contributed by atoms with Gasteiger partial charge in [-0.1, -0.05) is 12.1 Å². The number of amides is 1. The van der Waals surface area contributed by atoms with E-state index in [1.165, 1.54) is 0 Å². The highest BCUT2D eigenvalue weighted by Gasteiger charge is 2.21. The zero-order valence-electron chi connectivity index (χ0n) is 14.1. The summed E-state index contributed by atoms with van der Waals surface area (Å²) in [7, 11) is 1.58. The summed E-state index contributed by atoms with van der Waals surface area (Å²) in [4.78, 5) is 12.6. The van der Waals surface area contributed by atoms with Crippen molar-refractivity contribution in [3.05, 3.63) is 41.1 Å². The molecule has 0 bridgehead atoms. The van der Waals surface area contributed by atoms with Crippen LogP contribution in [-0.4, -0.2) is 29.4 Å². The van der Waals surface area contributed by atoms with Crippen molar-refractivity contribution < 1.29 is 14.3 Å². The van der Waals surface area contributed by atoms with Crippen LogP contribution in [0.1, 0.15) is 17.7 Å². The number of benzene rings is 1. The number of rotatable bonds is 5. The molecule has 0 atom stereocenters. The van der Waals surface area contributed by atoms with E-state index >= 15 is 0 Å². The molecule has 1 aliphatic heterocycles. The maximum atomic E-state index is 12.6. The molecule has 7 nitrogen and oxygen atoms in total. The van der Waals surface area contributed by atoms with Gasteiger partial charge in [0.2, 0.25) is 0 Å². The average Bonchev–Trinajstić information content (AvgIpc) is 2.97. The number of aromatic nitrogens is 2. The molecule has 3 rings (SSSR count). The first kappa shape index (κ1) is 16.6. The van der Waals surface area contributed by atoms with Gasteiger partial charge in [0.25, 0.3) is 5.91 Å². The summed E-state index contributed by atoms with van der Waals surface area (Å²) < 4.78 is 12.6. The molecule has 0 unspecified atom stereocenters. The van der Waals surface area contributed by atoms with Crippen molar-refractivity contribution in [2.45, 2.75) is 19.9 Å². The Labute approximate surface area is 145 Å². The lowest BCUT2D eigenvalue weighted by Gasteiger charge is -2.19. The van der Waals surface area contributed by atoms with Gasteiger partial charge in [-0.05, 0) is 19.1 Å². The van der Waals surface area contributed by atoms with E-state index in [0.717, 1.165) is 11.3 Å². The van der Waals surface area contributed by atoms with E-state index < -0.39 is 0 Å². The molecule has 1 amide bonds. The Bertz CT molecular complexity index is 877. The van der Waals surface area contributed by atoms with Crippen LogP contribution in [0.4, 0.5) is 5.82 Å². The van der Waals surface area contributed by atoms with Crippen LogP contribution in [0.2, 0.25) is 0 Å². The Kier molecular flexibility index (Phi) is 4.70. The highest BCUT2D eigenvalue weighted by atomic mass is 16.5. The number of ether oxygens (including phenoxy) is 2. The molecule has 1 N–H and O–H groups in total. The zero-order valence-corrected chi connectivity index (χ0v) is 14.1. The number of fused-ring (bicyclic) bond motifs is 1. The normalized spacial score (nSPS) is 12.4. The van der Waals surface area contributed by atoms with E-state index in [1.807, 2.05) is 25.1 Å². The molecule has 25 heavy (non-hydrogen) atoms. The largest absolute Gasteiger partial charge is 0.493 e. The number of anilines is 1. The first-order valence-corrected chi connectivity index (χ1v) is 7.85. The summed E-state index contributed by atoms with van der Waals surface area (Å²) in [6.45, 7) is 2.42. The first-order chi connectivity index (χ1) is 12.1. The minimum absolute atomic E-state index is 0.157. The highest BCUT2D eigenvalue weighted by Crippen LogP contribution is 2.35. The van der Waals surface area contributed by atoms with Crippen LogP contribution in [0.3, 0.4) is 0 Å². The Hall–Kier alpha value is -3.27. The summed E-state index contributed by atoms with van der Waals surface area (Å²) >= 11 is 0. The predicted octanol–water partition coefficient (Wildman–Crippen LogP) is 2.53. The first-order valence-electron chi connectivity index (χ1n) is 7.85. The molecule has 2 aromatic rings. The van der Waals surface area contributed by atoms with E-state index in [-0.39, 0.29) is 12.5 Å². The van der Waals surface area contributed by atoms with Crippen LogP contribution in [0.5, 0.6) is 11.5 Å². The van der Waals surface area contributed by atoms with Crippen LogP contribution in [0.15, 0.2) is 29.8 Å². The molecule has 0 spiro atoms. The molecular weight excluding hydrogens is 320 g/mol. The van der Waals surface area contributed by atoms with Crippen LogP contribution < -0.4 is 14.8 Å². The Morgan fingerprint density at radius 3 is 3.12 bits per heavy atom. The lowest BCUT2D eigenvalue weighted by molar-refractivity contribution is -0.113. The Morgan fingerprint density at radius 1 is 1.52 bits per heavy atom. The number of para-hydroxylation sites is 1. The van der Waals surface area contributed by atoms with Gasteiger partial charge in [-0.25, -0.2) is 4.68 Å². The van der Waals surface area contributed by atoms with E-state index in [9.17, 15) is 4.79 Å². The third-order valence-electron chi connectivity index (χ3n) is 3.80. The highest BCUT2D eigenvalue weighted by molar-refractivity contribution is 6.07. The summed E-state index contributed by atoms with van der Waals surface area (Å²) in [5, 5.41) is 15.9. The van der Waals surface area contributed by atoms with Crippen LogP contribution in [-0.2, 0) is 11.3 Å². The molecular formula is C18H18N4O3. The molecule has 0 fully saturated rings. The number of hydrogen-bond acceptors (Lipinski definition) is 5. The number of nitrogens with zero attached hydrogens (tertiary/aromatic N) is 3. The van der Waals surface area contributed by atoms with Gasteiger partial charge < -0.3 is 14.8 Å². The molecule has 128 valence electrons. The number of carbonyl (C=O) groups is 1. The zero-order chi connectivity index (χ0) is 17.8. The SMILES string of the molecule is COc1cccc2c1OCC(C(=O)Nc1cc(C)nn1CCC#N)=C2. The fraction of sp³-hybridized carbons (Fsp3) is 0.278. The molecule has 0 aliphatic carbocycles. The summed E-state index contributed by atoms with van der Waals surface area (Å²) in [6.07, 6.45) is 2.11. The molecule has 1 aromatic heterocycles. The van der Waals surface area contributed by atoms with E-state index in [1.54, 1.807) is 23.9 Å². The Morgan fingerprint density at radius 2 is 2.36 bits per heavy atom. The van der Waals surface area contributed by atoms with Crippen molar-refractivity contribution in [1.82, 2.24) is 9.78 Å². The van der Waals surface area contributed by atoms with E-state index in [2.05, 4.69) is 16.5 Å². The van der Waals surface area contributed by atoms with Crippen molar-refractivity contribution in [2.24, 2.45) is 0 Å². The van der Waals surface area contributed by atoms with Crippen molar-refractivity contribution >= 4 is 17.8 Å². The number of methoxy groups -OCH3 is 1. The lowest BCUT2D eigenvalue weighted by atomic mass is 10.1. The summed E-state index contributed by atoms with van der Waals surface area (Å²) in [6, 6.07) is 9.38. The van der Waals surface area contributed by atoms with Crippen molar-refractivity contribution in [3.8, 4) is 17.6 Å². The second-order valence-electron chi connectivity index (χ2n) is 5.59. The molecule has 1 aromatic carbocycles. The Balaban J connectivity index is 1.81. The standard InChI is InChI=1S/C18H18N4O3/c1-12-9-16(22(21-12)8-4-7-19)20-18(23)14-10-13-5-3-6-15(24-2)17(13)25-11-14/h3,5-6,9-10H,4,8,11H2,1-2H3,(H,20,23). The van der Waals surface area contributed by atoms with E-state index in [4.69, 9.17) is 14.7 Å². The van der Waals surface area contributed by atoms with Gasteiger partial charge in [-0.15, -0.1) is 0 Å². The van der Waals surface area contributed by atoms with Crippen molar-refractivity contribution in [1.29, 1.82) is 5.26 Å². The smallest absolute Gasteiger partial charge is 0.256 e. The summed E-state index contributed by atoms with van der Waals surface area (Å²) in [5.41, 5.74) is 2.08.